The van der Waals surface area contributed by atoms with E-state index in [1.54, 1.807) is 0 Å². The van der Waals surface area contributed by atoms with Crippen molar-refractivity contribution < 1.29 is 4.42 Å². The first-order chi connectivity index (χ1) is 8.20. The fourth-order valence-electron chi connectivity index (χ4n) is 1.37. The average molecular weight is 247 g/mol. The molecule has 0 aliphatic heterocycles. The molecule has 0 radical (unpaired) electrons. The van der Waals surface area contributed by atoms with Crippen molar-refractivity contribution in [3.8, 4) is 0 Å². The van der Waals surface area contributed by atoms with Crippen LogP contribution in [0.25, 0.3) is 11.0 Å². The molecule has 0 saturated carbocycles. The predicted molar refractivity (Wildman–Crippen MR) is 73.6 cm³/mol. The van der Waals surface area contributed by atoms with E-state index in [1.807, 2.05) is 43.5 Å². The van der Waals surface area contributed by atoms with E-state index in [-0.39, 0.29) is 0 Å². The third kappa shape index (κ3) is 2.68. The number of nitrogens with zero attached hydrogens (tertiary/aromatic N) is 2. The highest BCUT2D eigenvalue weighted by Crippen LogP contribution is 2.19. The van der Waals surface area contributed by atoms with Crippen molar-refractivity contribution in [1.29, 1.82) is 0 Å². The number of hydrogen-bond acceptors (Lipinski definition) is 4. The van der Waals surface area contributed by atoms with E-state index in [9.17, 15) is 0 Å². The monoisotopic (exact) mass is 247 g/mol. The normalized spacial score (nSPS) is 13.3. The van der Waals surface area contributed by atoms with Crippen LogP contribution in [0.4, 0.5) is 0 Å². The number of rotatable bonds is 2. The zero-order valence-corrected chi connectivity index (χ0v) is 10.5. The summed E-state index contributed by atoms with van der Waals surface area (Å²) in [5.41, 5.74) is 7.10. The highest BCUT2D eigenvalue weighted by atomic mass is 32.2. The molecule has 1 aromatic carbocycles. The lowest BCUT2D eigenvalue weighted by molar-refractivity contribution is 0.604. The SMILES string of the molecule is CS/C(N)=N\N=C(/C)c1cc2ccccc2o1. The standard InChI is InChI=1S/C12H13N3OS/c1-8(14-15-12(13)17-2)11-7-9-5-3-4-6-10(9)16-11/h3-7H,1-2H3,(H2,13,15)/b14-8+. The summed E-state index contributed by atoms with van der Waals surface area (Å²) in [5.74, 6) is 0.712. The van der Waals surface area contributed by atoms with Gasteiger partial charge in [-0.2, -0.15) is 0 Å². The molecule has 0 atom stereocenters. The summed E-state index contributed by atoms with van der Waals surface area (Å²) in [6.07, 6.45) is 1.85. The number of amidine groups is 1. The van der Waals surface area contributed by atoms with Crippen LogP contribution in [0.1, 0.15) is 12.7 Å². The first kappa shape index (κ1) is 11.7. The fraction of sp³-hybridized carbons (Fsp3) is 0.167. The number of benzene rings is 1. The van der Waals surface area contributed by atoms with Crippen LogP contribution in [0.15, 0.2) is 45.0 Å². The lowest BCUT2D eigenvalue weighted by Gasteiger charge is -1.92. The van der Waals surface area contributed by atoms with Gasteiger partial charge in [0.1, 0.15) is 11.3 Å². The van der Waals surface area contributed by atoms with E-state index < -0.39 is 0 Å². The molecule has 4 nitrogen and oxygen atoms in total. The van der Waals surface area contributed by atoms with Gasteiger partial charge in [0.2, 0.25) is 0 Å². The second-order valence-electron chi connectivity index (χ2n) is 3.48. The van der Waals surface area contributed by atoms with Crippen molar-refractivity contribution >= 4 is 33.6 Å². The molecule has 88 valence electrons. The van der Waals surface area contributed by atoms with Crippen molar-refractivity contribution in [2.45, 2.75) is 6.92 Å². The Kier molecular flexibility index (Phi) is 3.49. The third-order valence-corrected chi connectivity index (χ3v) is 2.79. The van der Waals surface area contributed by atoms with Crippen LogP contribution >= 0.6 is 11.8 Å². The molecule has 0 aliphatic carbocycles. The Labute approximate surface area is 104 Å². The summed E-state index contributed by atoms with van der Waals surface area (Å²) in [6, 6.07) is 9.77. The zero-order chi connectivity index (χ0) is 12.3. The zero-order valence-electron chi connectivity index (χ0n) is 9.68. The maximum atomic E-state index is 5.65. The maximum Gasteiger partial charge on any atom is 0.180 e. The van der Waals surface area contributed by atoms with Crippen molar-refractivity contribution in [3.05, 3.63) is 36.1 Å². The van der Waals surface area contributed by atoms with Gasteiger partial charge in [-0.05, 0) is 25.3 Å². The summed E-state index contributed by atoms with van der Waals surface area (Å²) in [5, 5.41) is 9.39. The molecule has 0 amide bonds. The molecule has 0 spiro atoms. The van der Waals surface area contributed by atoms with Crippen molar-refractivity contribution in [2.75, 3.05) is 6.26 Å². The average Bonchev–Trinajstić information content (AvgIpc) is 2.79. The summed E-state index contributed by atoms with van der Waals surface area (Å²) >= 11 is 1.36. The first-order valence-electron chi connectivity index (χ1n) is 5.11. The van der Waals surface area contributed by atoms with Gasteiger partial charge >= 0.3 is 0 Å². The Morgan fingerprint density at radius 3 is 2.76 bits per heavy atom. The molecule has 1 aromatic heterocycles. The van der Waals surface area contributed by atoms with Crippen LogP contribution < -0.4 is 5.73 Å². The minimum absolute atomic E-state index is 0.431. The molecular weight excluding hydrogens is 234 g/mol. The first-order valence-corrected chi connectivity index (χ1v) is 6.34. The fourth-order valence-corrected chi connectivity index (χ4v) is 1.50. The molecule has 2 rings (SSSR count). The summed E-state index contributed by atoms with van der Waals surface area (Å²) in [6.45, 7) is 1.84. The maximum absolute atomic E-state index is 5.65. The number of furan rings is 1. The highest BCUT2D eigenvalue weighted by molar-refractivity contribution is 8.13. The second-order valence-corrected chi connectivity index (χ2v) is 4.30. The quantitative estimate of drug-likeness (QED) is 0.504. The van der Waals surface area contributed by atoms with E-state index in [0.29, 0.717) is 16.6 Å². The largest absolute Gasteiger partial charge is 0.455 e. The van der Waals surface area contributed by atoms with Gasteiger partial charge in [-0.3, -0.25) is 0 Å². The van der Waals surface area contributed by atoms with E-state index in [2.05, 4.69) is 10.2 Å². The Morgan fingerprint density at radius 1 is 1.29 bits per heavy atom. The van der Waals surface area contributed by atoms with Crippen LogP contribution in [0.2, 0.25) is 0 Å². The molecule has 2 N–H and O–H groups in total. The molecule has 0 bridgehead atoms. The van der Waals surface area contributed by atoms with Crippen molar-refractivity contribution in [1.82, 2.24) is 0 Å². The van der Waals surface area contributed by atoms with Gasteiger partial charge in [0, 0.05) is 5.39 Å². The molecule has 1 heterocycles. The minimum atomic E-state index is 0.431. The third-order valence-electron chi connectivity index (χ3n) is 2.29. The number of thioether (sulfide) groups is 1. The highest BCUT2D eigenvalue weighted by Gasteiger charge is 2.05. The van der Waals surface area contributed by atoms with Crippen LogP contribution in [0.3, 0.4) is 0 Å². The van der Waals surface area contributed by atoms with E-state index in [0.717, 1.165) is 11.0 Å². The van der Waals surface area contributed by atoms with Gasteiger partial charge < -0.3 is 10.2 Å². The molecule has 0 unspecified atom stereocenters. The lowest BCUT2D eigenvalue weighted by Crippen LogP contribution is -2.04. The van der Waals surface area contributed by atoms with Gasteiger partial charge in [0.15, 0.2) is 10.9 Å². The van der Waals surface area contributed by atoms with E-state index in [1.165, 1.54) is 11.8 Å². The summed E-state index contributed by atoms with van der Waals surface area (Å²) < 4.78 is 5.65. The Hall–Kier alpha value is -1.75. The van der Waals surface area contributed by atoms with Gasteiger partial charge in [0.05, 0.1) is 0 Å². The van der Waals surface area contributed by atoms with Gasteiger partial charge in [-0.15, -0.1) is 10.2 Å². The van der Waals surface area contributed by atoms with Crippen LogP contribution in [0, 0.1) is 0 Å². The van der Waals surface area contributed by atoms with E-state index >= 15 is 0 Å². The summed E-state index contributed by atoms with van der Waals surface area (Å²) in [7, 11) is 0. The Balaban J connectivity index is 2.33. The Morgan fingerprint density at radius 2 is 2.06 bits per heavy atom. The summed E-state index contributed by atoms with van der Waals surface area (Å²) in [4.78, 5) is 0. The minimum Gasteiger partial charge on any atom is -0.455 e. The number of hydrogen-bond donors (Lipinski definition) is 1. The lowest BCUT2D eigenvalue weighted by atomic mass is 10.2. The molecule has 0 aliphatic rings. The van der Waals surface area contributed by atoms with Crippen LogP contribution in [-0.4, -0.2) is 17.1 Å². The molecule has 0 fully saturated rings. The van der Waals surface area contributed by atoms with Crippen LogP contribution in [-0.2, 0) is 0 Å². The predicted octanol–water partition coefficient (Wildman–Crippen LogP) is 2.83. The smallest absolute Gasteiger partial charge is 0.180 e. The Bertz CT molecular complexity index is 553. The van der Waals surface area contributed by atoms with Gasteiger partial charge in [-0.25, -0.2) is 0 Å². The van der Waals surface area contributed by atoms with Gasteiger partial charge in [0.25, 0.3) is 0 Å². The van der Waals surface area contributed by atoms with E-state index in [4.69, 9.17) is 10.2 Å². The molecular formula is C12H13N3OS. The molecule has 2 aromatic rings. The topological polar surface area (TPSA) is 63.9 Å². The number of fused-ring (bicyclic) bond motifs is 1. The molecule has 0 saturated heterocycles. The molecule has 17 heavy (non-hydrogen) atoms. The number of para-hydroxylation sites is 1. The molecule has 5 heteroatoms. The van der Waals surface area contributed by atoms with Gasteiger partial charge in [-0.1, -0.05) is 30.0 Å². The van der Waals surface area contributed by atoms with Crippen molar-refractivity contribution in [2.24, 2.45) is 15.9 Å². The van der Waals surface area contributed by atoms with Crippen LogP contribution in [0.5, 0.6) is 0 Å². The van der Waals surface area contributed by atoms with Crippen molar-refractivity contribution in [3.63, 3.8) is 0 Å². The number of nitrogens with two attached hydrogens (primary N) is 1. The second kappa shape index (κ2) is 5.05.